The van der Waals surface area contributed by atoms with Crippen LogP contribution in [-0.2, 0) is 14.3 Å². The zero-order valence-electron chi connectivity index (χ0n) is 23.7. The quantitative estimate of drug-likeness (QED) is 0.133. The van der Waals surface area contributed by atoms with Crippen LogP contribution in [0.5, 0.6) is 11.5 Å². The number of amides is 1. The number of rotatable bonds is 9. The number of hydrogen-bond acceptors (Lipinski definition) is 8. The van der Waals surface area contributed by atoms with E-state index in [9.17, 15) is 19.5 Å². The molecule has 0 aromatic heterocycles. The van der Waals surface area contributed by atoms with E-state index in [1.807, 2.05) is 19.1 Å². The van der Waals surface area contributed by atoms with Crippen LogP contribution in [-0.4, -0.2) is 79.1 Å². The number of aliphatic hydroxyl groups is 1. The third-order valence-corrected chi connectivity index (χ3v) is 7.56. The Morgan fingerprint density at radius 2 is 1.64 bits per heavy atom. The van der Waals surface area contributed by atoms with Gasteiger partial charge in [0, 0.05) is 31.7 Å². The van der Waals surface area contributed by atoms with Crippen molar-refractivity contribution in [2.45, 2.75) is 19.4 Å². The standard InChI is InChI=1S/C33H34N2O7/c1-22-9-11-23(12-10-22)30(36)28-29(35(32(38)31(28)37)16-6-15-34-17-19-41-20-18-34)25-13-14-26(27(21-25)40-2)42-33(39)24-7-4-3-5-8-24/h3-5,7-14,21,29,36H,6,15-20H2,1-2H3/t29-/m0/s1. The Morgan fingerprint density at radius 1 is 0.929 bits per heavy atom. The van der Waals surface area contributed by atoms with E-state index in [4.69, 9.17) is 14.2 Å². The van der Waals surface area contributed by atoms with E-state index in [2.05, 4.69) is 4.90 Å². The molecule has 0 aliphatic carbocycles. The van der Waals surface area contributed by atoms with Crippen molar-refractivity contribution in [2.24, 2.45) is 0 Å². The molecule has 2 aliphatic heterocycles. The first-order valence-corrected chi connectivity index (χ1v) is 14.0. The number of ether oxygens (including phenoxy) is 3. The Labute approximate surface area is 244 Å². The summed E-state index contributed by atoms with van der Waals surface area (Å²) in [7, 11) is 1.45. The van der Waals surface area contributed by atoms with Crippen LogP contribution in [0.2, 0.25) is 0 Å². The van der Waals surface area contributed by atoms with Gasteiger partial charge < -0.3 is 24.2 Å². The van der Waals surface area contributed by atoms with Crippen molar-refractivity contribution in [3.05, 3.63) is 101 Å². The van der Waals surface area contributed by atoms with Crippen molar-refractivity contribution in [3.8, 4) is 11.5 Å². The van der Waals surface area contributed by atoms with Gasteiger partial charge in [-0.2, -0.15) is 0 Å². The highest BCUT2D eigenvalue weighted by atomic mass is 16.6. The van der Waals surface area contributed by atoms with E-state index in [0.717, 1.165) is 25.2 Å². The molecule has 3 aromatic rings. The Hall–Kier alpha value is -4.47. The molecule has 0 spiro atoms. The lowest BCUT2D eigenvalue weighted by Gasteiger charge is -2.29. The third-order valence-electron chi connectivity index (χ3n) is 7.56. The maximum Gasteiger partial charge on any atom is 0.343 e. The molecule has 2 aliphatic rings. The van der Waals surface area contributed by atoms with E-state index in [1.54, 1.807) is 60.7 Å². The highest BCUT2D eigenvalue weighted by Gasteiger charge is 2.46. The van der Waals surface area contributed by atoms with Gasteiger partial charge in [0.1, 0.15) is 5.76 Å². The number of nitrogens with zero attached hydrogens (tertiary/aromatic N) is 2. The van der Waals surface area contributed by atoms with Crippen LogP contribution >= 0.6 is 0 Å². The number of carbonyl (C=O) groups excluding carboxylic acids is 3. The summed E-state index contributed by atoms with van der Waals surface area (Å²) in [6.45, 7) is 5.95. The molecular weight excluding hydrogens is 536 g/mol. The van der Waals surface area contributed by atoms with Gasteiger partial charge in [0.15, 0.2) is 11.5 Å². The first kappa shape index (κ1) is 29.0. The number of benzene rings is 3. The minimum absolute atomic E-state index is 0.00584. The number of ketones is 1. The Bertz CT molecular complexity index is 1480. The fourth-order valence-corrected chi connectivity index (χ4v) is 5.29. The fourth-order valence-electron chi connectivity index (χ4n) is 5.29. The molecule has 2 heterocycles. The van der Waals surface area contributed by atoms with Crippen molar-refractivity contribution in [1.29, 1.82) is 0 Å². The molecule has 0 bridgehead atoms. The molecule has 1 amide bonds. The SMILES string of the molecule is COc1cc([C@H]2C(=C(O)c3ccc(C)cc3)C(=O)C(=O)N2CCCN2CCOCC2)ccc1OC(=O)c1ccccc1. The van der Waals surface area contributed by atoms with E-state index < -0.39 is 23.7 Å². The number of aryl methyl sites for hydroxylation is 1. The zero-order valence-corrected chi connectivity index (χ0v) is 23.7. The summed E-state index contributed by atoms with van der Waals surface area (Å²) < 4.78 is 16.6. The van der Waals surface area contributed by atoms with Crippen LogP contribution in [0.15, 0.2) is 78.4 Å². The van der Waals surface area contributed by atoms with Crippen LogP contribution in [0.3, 0.4) is 0 Å². The molecule has 0 saturated carbocycles. The third kappa shape index (κ3) is 6.22. The second-order valence-electron chi connectivity index (χ2n) is 10.3. The van der Waals surface area contributed by atoms with Gasteiger partial charge in [-0.3, -0.25) is 14.5 Å². The molecule has 5 rings (SSSR count). The number of methoxy groups -OCH3 is 1. The van der Waals surface area contributed by atoms with Crippen molar-refractivity contribution in [1.82, 2.24) is 9.80 Å². The lowest BCUT2D eigenvalue weighted by Crippen LogP contribution is -2.39. The number of Topliss-reactive ketones (excluding diaryl/α,β-unsaturated/α-hetero) is 1. The van der Waals surface area contributed by atoms with Crippen molar-refractivity contribution in [2.75, 3.05) is 46.5 Å². The van der Waals surface area contributed by atoms with Gasteiger partial charge in [-0.1, -0.05) is 54.1 Å². The summed E-state index contributed by atoms with van der Waals surface area (Å²) in [5.41, 5.74) is 2.38. The molecule has 2 fully saturated rings. The van der Waals surface area contributed by atoms with Crippen LogP contribution in [0.25, 0.3) is 5.76 Å². The van der Waals surface area contributed by atoms with Gasteiger partial charge in [0.05, 0.1) is 37.5 Å². The number of hydrogen-bond donors (Lipinski definition) is 1. The summed E-state index contributed by atoms with van der Waals surface area (Å²) >= 11 is 0. The molecule has 9 heteroatoms. The minimum atomic E-state index is -0.858. The lowest BCUT2D eigenvalue weighted by molar-refractivity contribution is -0.140. The molecule has 2 saturated heterocycles. The van der Waals surface area contributed by atoms with Crippen LogP contribution in [0, 0.1) is 6.92 Å². The highest BCUT2D eigenvalue weighted by molar-refractivity contribution is 6.46. The lowest BCUT2D eigenvalue weighted by atomic mass is 9.94. The fraction of sp³-hybridized carbons (Fsp3) is 0.303. The van der Waals surface area contributed by atoms with Gasteiger partial charge >= 0.3 is 5.97 Å². The number of morpholine rings is 1. The molecule has 3 aromatic carbocycles. The number of likely N-dealkylation sites (tertiary alicyclic amines) is 1. The minimum Gasteiger partial charge on any atom is -0.507 e. The van der Waals surface area contributed by atoms with Crippen LogP contribution < -0.4 is 9.47 Å². The van der Waals surface area contributed by atoms with E-state index in [0.29, 0.717) is 42.9 Å². The maximum absolute atomic E-state index is 13.4. The molecule has 1 N–H and O–H groups in total. The largest absolute Gasteiger partial charge is 0.507 e. The topological polar surface area (TPSA) is 106 Å². The second kappa shape index (κ2) is 13.0. The average Bonchev–Trinajstić information content (AvgIpc) is 3.27. The van der Waals surface area contributed by atoms with Gasteiger partial charge in [-0.15, -0.1) is 0 Å². The van der Waals surface area contributed by atoms with Crippen LogP contribution in [0.1, 0.15) is 39.5 Å². The predicted molar refractivity (Wildman–Crippen MR) is 156 cm³/mol. The first-order valence-electron chi connectivity index (χ1n) is 14.0. The molecule has 0 radical (unpaired) electrons. The zero-order chi connectivity index (χ0) is 29.6. The summed E-state index contributed by atoms with van der Waals surface area (Å²) in [5, 5.41) is 11.4. The van der Waals surface area contributed by atoms with E-state index in [1.165, 1.54) is 12.0 Å². The maximum atomic E-state index is 13.4. The van der Waals surface area contributed by atoms with Crippen LogP contribution in [0.4, 0.5) is 0 Å². The highest BCUT2D eigenvalue weighted by Crippen LogP contribution is 2.42. The number of carbonyl (C=O) groups is 3. The second-order valence-corrected chi connectivity index (χ2v) is 10.3. The summed E-state index contributed by atoms with van der Waals surface area (Å²) in [6.07, 6.45) is 0.637. The summed E-state index contributed by atoms with van der Waals surface area (Å²) in [6, 6.07) is 19.8. The molecular formula is C33H34N2O7. The van der Waals surface area contributed by atoms with Crippen molar-refractivity contribution >= 4 is 23.4 Å². The smallest absolute Gasteiger partial charge is 0.343 e. The normalized spacial score (nSPS) is 18.7. The Balaban J connectivity index is 1.49. The molecule has 1 atom stereocenters. The number of esters is 1. The number of aliphatic hydroxyl groups excluding tert-OH is 1. The van der Waals surface area contributed by atoms with Gasteiger partial charge in [-0.25, -0.2) is 4.79 Å². The predicted octanol–water partition coefficient (Wildman–Crippen LogP) is 4.37. The van der Waals surface area contributed by atoms with E-state index >= 15 is 0 Å². The van der Waals surface area contributed by atoms with Gasteiger partial charge in [0.25, 0.3) is 11.7 Å². The summed E-state index contributed by atoms with van der Waals surface area (Å²) in [4.78, 5) is 43.3. The Kier molecular flexibility index (Phi) is 9.00. The first-order chi connectivity index (χ1) is 20.4. The molecule has 42 heavy (non-hydrogen) atoms. The molecule has 218 valence electrons. The van der Waals surface area contributed by atoms with Gasteiger partial charge in [-0.05, 0) is 43.2 Å². The van der Waals surface area contributed by atoms with Gasteiger partial charge in [0.2, 0.25) is 0 Å². The van der Waals surface area contributed by atoms with Crippen molar-refractivity contribution in [3.63, 3.8) is 0 Å². The monoisotopic (exact) mass is 570 g/mol. The average molecular weight is 571 g/mol. The van der Waals surface area contributed by atoms with Crippen molar-refractivity contribution < 1.29 is 33.7 Å². The Morgan fingerprint density at radius 3 is 2.33 bits per heavy atom. The van der Waals surface area contributed by atoms with E-state index in [-0.39, 0.29) is 22.8 Å². The summed E-state index contributed by atoms with van der Waals surface area (Å²) in [5.74, 6) is -1.76. The molecule has 9 nitrogen and oxygen atoms in total. The molecule has 0 unspecified atom stereocenters.